The number of aromatic nitrogens is 4. The summed E-state index contributed by atoms with van der Waals surface area (Å²) in [5.41, 5.74) is 6.06. The number of rotatable bonds is 9. The lowest BCUT2D eigenvalue weighted by Gasteiger charge is -2.13. The van der Waals surface area contributed by atoms with Gasteiger partial charge in [0.05, 0.1) is 17.9 Å². The second-order valence-corrected chi connectivity index (χ2v) is 11.9. The van der Waals surface area contributed by atoms with E-state index in [9.17, 15) is 4.79 Å². The fourth-order valence-corrected chi connectivity index (χ4v) is 5.94. The molecular formula is C51H60N6O2. The van der Waals surface area contributed by atoms with E-state index in [1.54, 1.807) is 19.5 Å². The largest absolute Gasteiger partial charge is 0.480 e. The van der Waals surface area contributed by atoms with E-state index >= 15 is 0 Å². The number of anilines is 4. The van der Waals surface area contributed by atoms with Gasteiger partial charge >= 0.3 is 0 Å². The number of pyridine rings is 4. The maximum atomic E-state index is 12.3. The van der Waals surface area contributed by atoms with Gasteiger partial charge in [-0.05, 0) is 70.4 Å². The lowest BCUT2D eigenvalue weighted by atomic mass is 10.1. The zero-order valence-corrected chi connectivity index (χ0v) is 36.1. The quantitative estimate of drug-likeness (QED) is 0.134. The molecule has 0 unspecified atom stereocenters. The minimum absolute atomic E-state index is 0.144. The molecule has 0 radical (unpaired) electrons. The highest BCUT2D eigenvalue weighted by Crippen LogP contribution is 2.32. The van der Waals surface area contributed by atoms with Crippen LogP contribution in [-0.4, -0.2) is 27.0 Å². The zero-order valence-electron chi connectivity index (χ0n) is 36.1. The Labute approximate surface area is 350 Å². The molecule has 8 heteroatoms. The molecule has 306 valence electrons. The van der Waals surface area contributed by atoms with Crippen LogP contribution in [0.25, 0.3) is 21.5 Å². The molecule has 3 N–H and O–H groups in total. The van der Waals surface area contributed by atoms with Gasteiger partial charge in [-0.1, -0.05) is 152 Å². The number of nitrogens with zero attached hydrogens (tertiary/aromatic N) is 3. The third-order valence-corrected chi connectivity index (χ3v) is 8.29. The van der Waals surface area contributed by atoms with Gasteiger partial charge in [-0.3, -0.25) is 4.79 Å². The van der Waals surface area contributed by atoms with Crippen molar-refractivity contribution in [3.8, 4) is 5.88 Å². The van der Waals surface area contributed by atoms with E-state index < -0.39 is 0 Å². The van der Waals surface area contributed by atoms with Gasteiger partial charge in [0.1, 0.15) is 11.6 Å². The van der Waals surface area contributed by atoms with Crippen molar-refractivity contribution in [1.82, 2.24) is 19.9 Å². The Hall–Kier alpha value is -6.80. The lowest BCUT2D eigenvalue weighted by molar-refractivity contribution is 0.403. The van der Waals surface area contributed by atoms with Gasteiger partial charge in [0.15, 0.2) is 0 Å². The summed E-state index contributed by atoms with van der Waals surface area (Å²) >= 11 is 0. The van der Waals surface area contributed by atoms with E-state index in [0.717, 1.165) is 51.2 Å². The van der Waals surface area contributed by atoms with E-state index in [-0.39, 0.29) is 5.56 Å². The van der Waals surface area contributed by atoms with Crippen molar-refractivity contribution in [2.75, 3.05) is 17.7 Å². The van der Waals surface area contributed by atoms with Gasteiger partial charge in [-0.25, -0.2) is 15.0 Å². The number of aromatic amines is 1. The standard InChI is InChI=1S/C22H19N3O.C21H17N3O.4C2H6/c1-26-22-20-17(12-13-23-22)15-19(14-16-8-4-2-5-9-16)25-21(20)24-18-10-6-3-7-11-18;25-21-19-16(11-12-22-21)14-18(13-15-7-3-1-4-8-15)24-20(19)23-17-9-5-2-6-10-17;4*1-2/h2-13,15H,14H2,1H3,(H,24,25);1-12,14H,13H2,(H,22,25)(H,23,24);4*1-2H3. The number of para-hydroxylation sites is 2. The summed E-state index contributed by atoms with van der Waals surface area (Å²) in [5, 5.41) is 10.1. The molecule has 0 aliphatic rings. The predicted molar refractivity (Wildman–Crippen MR) is 252 cm³/mol. The summed E-state index contributed by atoms with van der Waals surface area (Å²) in [6.45, 7) is 16.0. The van der Waals surface area contributed by atoms with Gasteiger partial charge in [0, 0.05) is 48.0 Å². The molecular weight excluding hydrogens is 729 g/mol. The Balaban J connectivity index is 0.000000270. The molecule has 8 aromatic rings. The second kappa shape index (κ2) is 26.2. The minimum Gasteiger partial charge on any atom is -0.480 e. The Morgan fingerprint density at radius 1 is 0.525 bits per heavy atom. The van der Waals surface area contributed by atoms with E-state index in [0.29, 0.717) is 23.5 Å². The normalized spacial score (nSPS) is 9.64. The zero-order chi connectivity index (χ0) is 42.8. The average Bonchev–Trinajstić information content (AvgIpc) is 3.30. The lowest BCUT2D eigenvalue weighted by Crippen LogP contribution is -2.10. The molecule has 4 aromatic carbocycles. The van der Waals surface area contributed by atoms with Gasteiger partial charge in [0.25, 0.3) is 5.56 Å². The first-order chi connectivity index (χ1) is 29.1. The van der Waals surface area contributed by atoms with E-state index in [2.05, 4.69) is 50.9 Å². The number of H-pyrrole nitrogens is 1. The molecule has 8 nitrogen and oxygen atoms in total. The summed E-state index contributed by atoms with van der Waals surface area (Å²) in [7, 11) is 1.63. The maximum Gasteiger partial charge on any atom is 0.259 e. The summed E-state index contributed by atoms with van der Waals surface area (Å²) in [4.78, 5) is 29.0. The van der Waals surface area contributed by atoms with Gasteiger partial charge in [-0.2, -0.15) is 0 Å². The molecule has 0 spiro atoms. The van der Waals surface area contributed by atoms with Crippen LogP contribution in [0.15, 0.2) is 163 Å². The van der Waals surface area contributed by atoms with E-state index in [1.807, 2.05) is 171 Å². The summed E-state index contributed by atoms with van der Waals surface area (Å²) in [6.07, 6.45) is 4.92. The van der Waals surface area contributed by atoms with Crippen LogP contribution in [0.3, 0.4) is 0 Å². The minimum atomic E-state index is -0.144. The highest BCUT2D eigenvalue weighted by Gasteiger charge is 2.14. The molecule has 0 bridgehead atoms. The van der Waals surface area contributed by atoms with Crippen LogP contribution in [0.1, 0.15) is 77.9 Å². The first-order valence-corrected chi connectivity index (χ1v) is 20.7. The van der Waals surface area contributed by atoms with E-state index in [4.69, 9.17) is 14.7 Å². The molecule has 0 amide bonds. The van der Waals surface area contributed by atoms with Crippen LogP contribution in [0.2, 0.25) is 0 Å². The van der Waals surface area contributed by atoms with Crippen molar-refractivity contribution >= 4 is 44.6 Å². The molecule has 0 aliphatic carbocycles. The third-order valence-electron chi connectivity index (χ3n) is 8.29. The first-order valence-electron chi connectivity index (χ1n) is 20.7. The molecule has 59 heavy (non-hydrogen) atoms. The van der Waals surface area contributed by atoms with Crippen molar-refractivity contribution in [3.05, 3.63) is 191 Å². The molecule has 8 rings (SSSR count). The van der Waals surface area contributed by atoms with Crippen molar-refractivity contribution in [3.63, 3.8) is 0 Å². The smallest absolute Gasteiger partial charge is 0.259 e. The van der Waals surface area contributed by atoms with Crippen molar-refractivity contribution < 1.29 is 4.74 Å². The monoisotopic (exact) mass is 788 g/mol. The first kappa shape index (κ1) is 46.6. The van der Waals surface area contributed by atoms with Crippen molar-refractivity contribution in [2.24, 2.45) is 0 Å². The molecule has 0 saturated carbocycles. The highest BCUT2D eigenvalue weighted by molar-refractivity contribution is 5.97. The molecule has 4 aromatic heterocycles. The predicted octanol–water partition coefficient (Wildman–Crippen LogP) is 13.3. The van der Waals surface area contributed by atoms with Crippen LogP contribution >= 0.6 is 0 Å². The van der Waals surface area contributed by atoms with E-state index in [1.165, 1.54) is 11.1 Å². The summed E-state index contributed by atoms with van der Waals surface area (Å²) in [5.74, 6) is 1.90. The van der Waals surface area contributed by atoms with Gasteiger partial charge in [-0.15, -0.1) is 0 Å². The van der Waals surface area contributed by atoms with Crippen LogP contribution in [0.5, 0.6) is 5.88 Å². The SMILES string of the molecule is CC.CC.CC.CC.COc1nccc2cc(Cc3ccccc3)nc(Nc3ccccc3)c12.O=c1[nH]ccc2cc(Cc3ccccc3)nc(Nc3ccccc3)c12. The highest BCUT2D eigenvalue weighted by atomic mass is 16.5. The van der Waals surface area contributed by atoms with Crippen LogP contribution in [-0.2, 0) is 12.8 Å². The van der Waals surface area contributed by atoms with Crippen LogP contribution < -0.4 is 20.9 Å². The van der Waals surface area contributed by atoms with Gasteiger partial charge in [0.2, 0.25) is 5.88 Å². The average molecular weight is 789 g/mol. The number of ether oxygens (including phenoxy) is 1. The summed E-state index contributed by atoms with van der Waals surface area (Å²) < 4.78 is 5.47. The van der Waals surface area contributed by atoms with Crippen molar-refractivity contribution in [2.45, 2.75) is 68.2 Å². The number of hydrogen-bond donors (Lipinski definition) is 3. The Morgan fingerprint density at radius 2 is 0.932 bits per heavy atom. The fourth-order valence-electron chi connectivity index (χ4n) is 5.94. The molecule has 0 saturated heterocycles. The number of fused-ring (bicyclic) bond motifs is 2. The topological polar surface area (TPSA) is 105 Å². The molecule has 0 fully saturated rings. The Kier molecular flexibility index (Phi) is 20.7. The fraction of sp³-hybridized carbons (Fsp3) is 0.216. The maximum absolute atomic E-state index is 12.3. The third kappa shape index (κ3) is 13.7. The number of hydrogen-bond acceptors (Lipinski definition) is 7. The van der Waals surface area contributed by atoms with Crippen LogP contribution in [0.4, 0.5) is 23.0 Å². The number of nitrogens with one attached hydrogen (secondary N) is 3. The molecule has 0 aliphatic heterocycles. The Bertz CT molecular complexity index is 2420. The van der Waals surface area contributed by atoms with Gasteiger partial charge < -0.3 is 20.4 Å². The number of methoxy groups -OCH3 is 1. The summed E-state index contributed by atoms with van der Waals surface area (Å²) in [6, 6.07) is 48.3. The number of benzene rings is 4. The van der Waals surface area contributed by atoms with Crippen LogP contribution in [0, 0.1) is 0 Å². The second-order valence-electron chi connectivity index (χ2n) is 11.9. The molecule has 4 heterocycles. The molecule has 0 atom stereocenters. The van der Waals surface area contributed by atoms with Crippen molar-refractivity contribution in [1.29, 1.82) is 0 Å². The Morgan fingerprint density at radius 3 is 1.37 bits per heavy atom.